The molecular weight excluding hydrogens is 366 g/mol. The Kier molecular flexibility index (Phi) is 5.33. The van der Waals surface area contributed by atoms with E-state index in [0.29, 0.717) is 6.42 Å². The molecule has 6 heteroatoms. The van der Waals surface area contributed by atoms with Crippen LogP contribution in [0.3, 0.4) is 0 Å². The minimum atomic E-state index is -1.03. The molecular formula is C23H23N3O3. The Hall–Kier alpha value is -3.54. The van der Waals surface area contributed by atoms with Crippen molar-refractivity contribution in [3.05, 3.63) is 72.1 Å². The summed E-state index contributed by atoms with van der Waals surface area (Å²) in [5, 5.41) is 14.4. The summed E-state index contributed by atoms with van der Waals surface area (Å²) >= 11 is 0. The lowest BCUT2D eigenvalue weighted by molar-refractivity contribution is -0.141. The highest BCUT2D eigenvalue weighted by molar-refractivity contribution is 5.87. The third kappa shape index (κ3) is 4.16. The summed E-state index contributed by atoms with van der Waals surface area (Å²) in [6, 6.07) is 14.8. The number of para-hydroxylation sites is 2. The summed E-state index contributed by atoms with van der Waals surface area (Å²) in [5.41, 5.74) is 4.09. The molecule has 2 heterocycles. The van der Waals surface area contributed by atoms with E-state index >= 15 is 0 Å². The highest BCUT2D eigenvalue weighted by Crippen LogP contribution is 2.20. The molecule has 2 aromatic carbocycles. The Bertz CT molecular complexity index is 1160. The van der Waals surface area contributed by atoms with Crippen LogP contribution in [0.15, 0.2) is 60.9 Å². The molecule has 6 nitrogen and oxygen atoms in total. The van der Waals surface area contributed by atoms with Gasteiger partial charge in [-0.25, -0.2) is 4.79 Å². The molecule has 1 atom stereocenters. The van der Waals surface area contributed by atoms with Crippen molar-refractivity contribution in [2.45, 2.75) is 31.7 Å². The fraction of sp³-hybridized carbons (Fsp3) is 0.217. The molecule has 0 fully saturated rings. The lowest BCUT2D eigenvalue weighted by atomic mass is 10.0. The van der Waals surface area contributed by atoms with Gasteiger partial charge in [0.1, 0.15) is 6.04 Å². The van der Waals surface area contributed by atoms with E-state index in [9.17, 15) is 14.7 Å². The van der Waals surface area contributed by atoms with Gasteiger partial charge >= 0.3 is 5.97 Å². The molecule has 4 aromatic rings. The number of hydrogen-bond donors (Lipinski definition) is 4. The van der Waals surface area contributed by atoms with Crippen LogP contribution in [0.5, 0.6) is 0 Å². The predicted octanol–water partition coefficient (Wildman–Crippen LogP) is 3.78. The van der Waals surface area contributed by atoms with Gasteiger partial charge in [0.15, 0.2) is 0 Å². The Balaban J connectivity index is 1.34. The Morgan fingerprint density at radius 1 is 0.897 bits per heavy atom. The third-order valence-electron chi connectivity index (χ3n) is 5.26. The zero-order chi connectivity index (χ0) is 20.2. The van der Waals surface area contributed by atoms with Crippen molar-refractivity contribution in [3.63, 3.8) is 0 Å². The molecule has 2 aromatic heterocycles. The first-order valence-electron chi connectivity index (χ1n) is 9.74. The summed E-state index contributed by atoms with van der Waals surface area (Å²) in [6.07, 6.45) is 5.73. The number of H-pyrrole nitrogens is 2. The van der Waals surface area contributed by atoms with Gasteiger partial charge in [0, 0.05) is 47.0 Å². The number of aryl methyl sites for hydroxylation is 1. The fourth-order valence-electron chi connectivity index (χ4n) is 3.76. The maximum atomic E-state index is 12.4. The first-order valence-corrected chi connectivity index (χ1v) is 9.74. The Morgan fingerprint density at radius 2 is 1.48 bits per heavy atom. The second-order valence-electron chi connectivity index (χ2n) is 7.24. The van der Waals surface area contributed by atoms with Crippen molar-refractivity contribution in [2.75, 3.05) is 0 Å². The first-order chi connectivity index (χ1) is 14.1. The number of fused-ring (bicyclic) bond motifs is 2. The van der Waals surface area contributed by atoms with Crippen LogP contribution in [0.4, 0.5) is 0 Å². The minimum absolute atomic E-state index is 0.239. The average molecular weight is 389 g/mol. The Labute approximate surface area is 167 Å². The van der Waals surface area contributed by atoms with Crippen molar-refractivity contribution in [1.29, 1.82) is 0 Å². The van der Waals surface area contributed by atoms with Crippen molar-refractivity contribution in [2.24, 2.45) is 0 Å². The summed E-state index contributed by atoms with van der Waals surface area (Å²) in [7, 11) is 0. The average Bonchev–Trinajstić information content (AvgIpc) is 3.32. The van der Waals surface area contributed by atoms with Gasteiger partial charge < -0.3 is 20.4 Å². The number of hydrogen-bond acceptors (Lipinski definition) is 2. The van der Waals surface area contributed by atoms with Crippen molar-refractivity contribution in [3.8, 4) is 0 Å². The maximum absolute atomic E-state index is 12.4. The first kappa shape index (κ1) is 18.8. The number of carboxylic acids is 1. The van der Waals surface area contributed by atoms with E-state index in [1.807, 2.05) is 54.9 Å². The summed E-state index contributed by atoms with van der Waals surface area (Å²) in [4.78, 5) is 30.4. The van der Waals surface area contributed by atoms with Crippen LogP contribution in [0.1, 0.15) is 24.0 Å². The minimum Gasteiger partial charge on any atom is -0.480 e. The smallest absolute Gasteiger partial charge is 0.326 e. The molecule has 0 bridgehead atoms. The number of aromatic amines is 2. The molecule has 148 valence electrons. The molecule has 0 aliphatic heterocycles. The van der Waals surface area contributed by atoms with Gasteiger partial charge in [-0.2, -0.15) is 0 Å². The number of carboxylic acid groups (broad SMARTS) is 1. The molecule has 0 saturated heterocycles. The number of nitrogens with one attached hydrogen (secondary N) is 3. The van der Waals surface area contributed by atoms with Crippen molar-refractivity contribution in [1.82, 2.24) is 15.3 Å². The molecule has 4 rings (SSSR count). The van der Waals surface area contributed by atoms with Gasteiger partial charge in [-0.1, -0.05) is 36.4 Å². The molecule has 0 aliphatic carbocycles. The molecule has 0 saturated carbocycles. The van der Waals surface area contributed by atoms with E-state index in [-0.39, 0.29) is 18.7 Å². The van der Waals surface area contributed by atoms with Crippen molar-refractivity contribution >= 4 is 33.7 Å². The normalized spacial score (nSPS) is 12.3. The van der Waals surface area contributed by atoms with E-state index in [1.54, 1.807) is 0 Å². The second-order valence-corrected chi connectivity index (χ2v) is 7.24. The van der Waals surface area contributed by atoms with Crippen molar-refractivity contribution < 1.29 is 14.7 Å². The maximum Gasteiger partial charge on any atom is 0.326 e. The third-order valence-corrected chi connectivity index (χ3v) is 5.26. The van der Waals surface area contributed by atoms with Crippen LogP contribution < -0.4 is 5.32 Å². The van der Waals surface area contributed by atoms with Crippen LogP contribution in [0.2, 0.25) is 0 Å². The van der Waals surface area contributed by atoms with Gasteiger partial charge in [-0.05, 0) is 36.1 Å². The fourth-order valence-corrected chi connectivity index (χ4v) is 3.76. The predicted molar refractivity (Wildman–Crippen MR) is 113 cm³/mol. The molecule has 1 amide bonds. The van der Waals surface area contributed by atoms with Gasteiger partial charge in [0.05, 0.1) is 0 Å². The summed E-state index contributed by atoms with van der Waals surface area (Å²) in [6.45, 7) is 0. The quantitative estimate of drug-likeness (QED) is 0.369. The SMILES string of the molecule is O=C(CCCc1c[nH]c2ccccc12)NC(Cc1c[nH]c2ccccc12)C(=O)O. The largest absolute Gasteiger partial charge is 0.480 e. The molecule has 0 aliphatic rings. The van der Waals surface area contributed by atoms with Gasteiger partial charge in [-0.3, -0.25) is 4.79 Å². The van der Waals surface area contributed by atoms with Crippen LogP contribution in [-0.2, 0) is 22.4 Å². The zero-order valence-electron chi connectivity index (χ0n) is 15.9. The Morgan fingerprint density at radius 3 is 2.14 bits per heavy atom. The number of carbonyl (C=O) groups excluding carboxylic acids is 1. The number of aliphatic carboxylic acids is 1. The number of carbonyl (C=O) groups is 2. The molecule has 29 heavy (non-hydrogen) atoms. The van der Waals surface area contributed by atoms with E-state index in [2.05, 4.69) is 21.4 Å². The molecule has 0 spiro atoms. The second kappa shape index (κ2) is 8.22. The summed E-state index contributed by atoms with van der Waals surface area (Å²) < 4.78 is 0. The molecule has 1 unspecified atom stereocenters. The standard InChI is InChI=1S/C23H23N3O3/c27-22(11-5-6-15-13-24-19-9-3-1-7-17(15)19)26-21(23(28)29)12-16-14-25-20-10-4-2-8-18(16)20/h1-4,7-10,13-14,21,24-25H,5-6,11-12H2,(H,26,27)(H,28,29). The summed E-state index contributed by atoms with van der Waals surface area (Å²) in [5.74, 6) is -1.27. The van der Waals surface area contributed by atoms with Gasteiger partial charge in [-0.15, -0.1) is 0 Å². The zero-order valence-corrected chi connectivity index (χ0v) is 15.9. The number of amides is 1. The highest BCUT2D eigenvalue weighted by Gasteiger charge is 2.21. The number of aromatic nitrogens is 2. The number of rotatable bonds is 8. The lowest BCUT2D eigenvalue weighted by Gasteiger charge is -2.14. The molecule has 0 radical (unpaired) electrons. The van der Waals surface area contributed by atoms with Crippen LogP contribution in [0.25, 0.3) is 21.8 Å². The lowest BCUT2D eigenvalue weighted by Crippen LogP contribution is -2.42. The van der Waals surface area contributed by atoms with Gasteiger partial charge in [0.2, 0.25) is 5.91 Å². The highest BCUT2D eigenvalue weighted by atomic mass is 16.4. The topological polar surface area (TPSA) is 98.0 Å². The molecule has 4 N–H and O–H groups in total. The van der Waals surface area contributed by atoms with Crippen LogP contribution in [0, 0.1) is 0 Å². The number of benzene rings is 2. The van der Waals surface area contributed by atoms with Crippen LogP contribution >= 0.6 is 0 Å². The van der Waals surface area contributed by atoms with E-state index < -0.39 is 12.0 Å². The van der Waals surface area contributed by atoms with E-state index in [1.165, 1.54) is 5.56 Å². The van der Waals surface area contributed by atoms with E-state index in [4.69, 9.17) is 0 Å². The van der Waals surface area contributed by atoms with E-state index in [0.717, 1.165) is 33.8 Å². The van der Waals surface area contributed by atoms with Crippen LogP contribution in [-0.4, -0.2) is 33.0 Å². The van der Waals surface area contributed by atoms with Gasteiger partial charge in [0.25, 0.3) is 0 Å². The monoisotopic (exact) mass is 389 g/mol.